The van der Waals surface area contributed by atoms with E-state index in [1.54, 1.807) is 18.3 Å². The summed E-state index contributed by atoms with van der Waals surface area (Å²) in [7, 11) is 0. The summed E-state index contributed by atoms with van der Waals surface area (Å²) < 4.78 is 2.12. The van der Waals surface area contributed by atoms with Gasteiger partial charge < -0.3 is 10.2 Å². The summed E-state index contributed by atoms with van der Waals surface area (Å²) in [4.78, 5) is 43.5. The highest BCUT2D eigenvalue weighted by Gasteiger charge is 2.21. The lowest BCUT2D eigenvalue weighted by molar-refractivity contribution is -0.130. The topological polar surface area (TPSA) is 95.7 Å². The molecule has 2 amide bonds. The van der Waals surface area contributed by atoms with Crippen molar-refractivity contribution in [2.24, 2.45) is 0 Å². The van der Waals surface area contributed by atoms with Crippen LogP contribution >= 0.6 is 11.3 Å². The maximum absolute atomic E-state index is 13.0. The fourth-order valence-electron chi connectivity index (χ4n) is 4.59. The Balaban J connectivity index is 1.22. The first-order chi connectivity index (χ1) is 18.0. The van der Waals surface area contributed by atoms with Gasteiger partial charge in [-0.15, -0.1) is 11.3 Å². The molecule has 1 N–H and O–H groups in total. The van der Waals surface area contributed by atoms with Gasteiger partial charge in [-0.25, -0.2) is 9.97 Å². The predicted octanol–water partition coefficient (Wildman–Crippen LogP) is 3.92. The molecule has 0 saturated carbocycles. The van der Waals surface area contributed by atoms with E-state index in [9.17, 15) is 9.59 Å². The number of piperazine rings is 1. The molecule has 1 aliphatic rings. The molecule has 9 nitrogen and oxygen atoms in total. The molecule has 0 atom stereocenters. The first-order valence-electron chi connectivity index (χ1n) is 12.1. The lowest BCUT2D eigenvalue weighted by atomic mass is 10.1. The third-order valence-corrected chi connectivity index (χ3v) is 7.51. The molecule has 0 spiro atoms. The molecule has 6 rings (SSSR count). The number of carbonyl (C=O) groups excluding carboxylic acids is 2. The van der Waals surface area contributed by atoms with Crippen LogP contribution in [0.5, 0.6) is 0 Å². The van der Waals surface area contributed by atoms with E-state index in [2.05, 4.69) is 30.0 Å². The first-order valence-corrected chi connectivity index (χ1v) is 13.0. The van der Waals surface area contributed by atoms with Gasteiger partial charge in [-0.3, -0.25) is 23.9 Å². The average molecular weight is 512 g/mol. The normalized spacial score (nSPS) is 14.4. The van der Waals surface area contributed by atoms with Crippen LogP contribution in [0, 0.1) is 0 Å². The molecule has 186 valence electrons. The molecular formula is C27H25N7O2S. The van der Waals surface area contributed by atoms with Crippen molar-refractivity contribution in [3.8, 4) is 11.3 Å². The molecule has 2 aromatic carbocycles. The second kappa shape index (κ2) is 9.72. The van der Waals surface area contributed by atoms with Crippen molar-refractivity contribution in [1.82, 2.24) is 29.2 Å². The molecule has 1 saturated heterocycles. The van der Waals surface area contributed by atoms with Crippen LogP contribution in [-0.4, -0.2) is 67.1 Å². The molecule has 0 unspecified atom stereocenters. The molecule has 4 heterocycles. The molecule has 10 heteroatoms. The Bertz CT molecular complexity index is 1620. The Kier molecular flexibility index (Phi) is 6.11. The Hall–Kier alpha value is -4.15. The summed E-state index contributed by atoms with van der Waals surface area (Å²) in [5.74, 6) is -0.188. The molecule has 1 aliphatic heterocycles. The minimum absolute atomic E-state index is 0.134. The quantitative estimate of drug-likeness (QED) is 0.384. The van der Waals surface area contributed by atoms with Crippen LogP contribution < -0.4 is 5.32 Å². The van der Waals surface area contributed by atoms with Crippen LogP contribution in [-0.2, 0) is 11.3 Å². The van der Waals surface area contributed by atoms with Gasteiger partial charge in [0.25, 0.3) is 5.91 Å². The highest BCUT2D eigenvalue weighted by molar-refractivity contribution is 7.15. The van der Waals surface area contributed by atoms with Crippen LogP contribution in [0.15, 0.2) is 66.3 Å². The molecule has 0 radical (unpaired) electrons. The van der Waals surface area contributed by atoms with Gasteiger partial charge in [0, 0.05) is 62.5 Å². The number of rotatable bonds is 5. The van der Waals surface area contributed by atoms with Crippen molar-refractivity contribution in [2.75, 3.05) is 31.5 Å². The van der Waals surface area contributed by atoms with Crippen LogP contribution in [0.1, 0.15) is 23.1 Å². The van der Waals surface area contributed by atoms with E-state index in [4.69, 9.17) is 4.98 Å². The highest BCUT2D eigenvalue weighted by Crippen LogP contribution is 2.30. The number of anilines is 1. The standard InChI is InChI=1S/C27H25N7O2S/c1-18(35)33-12-10-32(11-13-33)15-19-17-37-27-31-25(16-34(19)27)20-6-2-3-7-21(20)30-26(36)24-14-28-22-8-4-5-9-23(22)29-24/h2-9,14,16-17H,10-13,15H2,1H3,(H,30,36). The van der Waals surface area contributed by atoms with Crippen molar-refractivity contribution >= 4 is 44.8 Å². The van der Waals surface area contributed by atoms with Crippen LogP contribution in [0.25, 0.3) is 27.3 Å². The van der Waals surface area contributed by atoms with Crippen molar-refractivity contribution < 1.29 is 9.59 Å². The van der Waals surface area contributed by atoms with E-state index in [-0.39, 0.29) is 17.5 Å². The van der Waals surface area contributed by atoms with Gasteiger partial charge >= 0.3 is 0 Å². The van der Waals surface area contributed by atoms with E-state index in [1.807, 2.05) is 59.6 Å². The average Bonchev–Trinajstić information content (AvgIpc) is 3.51. The van der Waals surface area contributed by atoms with E-state index < -0.39 is 0 Å². The largest absolute Gasteiger partial charge is 0.340 e. The zero-order valence-electron chi connectivity index (χ0n) is 20.3. The number of thiazole rings is 1. The molecule has 1 fully saturated rings. The predicted molar refractivity (Wildman–Crippen MR) is 144 cm³/mol. The maximum atomic E-state index is 13.0. The monoisotopic (exact) mass is 511 g/mol. The van der Waals surface area contributed by atoms with Crippen molar-refractivity contribution in [3.05, 3.63) is 77.7 Å². The van der Waals surface area contributed by atoms with Crippen LogP contribution in [0.2, 0.25) is 0 Å². The fourth-order valence-corrected chi connectivity index (χ4v) is 5.46. The number of benzene rings is 2. The summed E-state index contributed by atoms with van der Waals surface area (Å²) in [6.45, 7) is 5.63. The number of nitrogens with zero attached hydrogens (tertiary/aromatic N) is 6. The number of nitrogens with one attached hydrogen (secondary N) is 1. The lowest BCUT2D eigenvalue weighted by Gasteiger charge is -2.33. The number of aromatic nitrogens is 4. The number of amides is 2. The number of fused-ring (bicyclic) bond motifs is 2. The van der Waals surface area contributed by atoms with E-state index in [1.165, 1.54) is 6.20 Å². The molecule has 0 bridgehead atoms. The number of carbonyl (C=O) groups is 2. The van der Waals surface area contributed by atoms with Gasteiger partial charge in [0.2, 0.25) is 5.91 Å². The van der Waals surface area contributed by atoms with E-state index in [0.29, 0.717) is 11.2 Å². The van der Waals surface area contributed by atoms with Gasteiger partial charge in [-0.2, -0.15) is 0 Å². The summed E-state index contributed by atoms with van der Waals surface area (Å²) in [6.07, 6.45) is 3.52. The number of hydrogen-bond donors (Lipinski definition) is 1. The summed E-state index contributed by atoms with van der Waals surface area (Å²) in [5.41, 5.74) is 5.11. The second-order valence-corrected chi connectivity index (χ2v) is 9.87. The molecule has 5 aromatic rings. The first kappa shape index (κ1) is 23.3. The summed E-state index contributed by atoms with van der Waals surface area (Å²) >= 11 is 1.60. The Labute approximate surface area is 217 Å². The third-order valence-electron chi connectivity index (χ3n) is 6.62. The van der Waals surface area contributed by atoms with Crippen LogP contribution in [0.3, 0.4) is 0 Å². The van der Waals surface area contributed by atoms with E-state index >= 15 is 0 Å². The zero-order chi connectivity index (χ0) is 25.4. The van der Waals surface area contributed by atoms with Crippen molar-refractivity contribution in [2.45, 2.75) is 13.5 Å². The van der Waals surface area contributed by atoms with E-state index in [0.717, 1.165) is 60.2 Å². The van der Waals surface area contributed by atoms with Crippen molar-refractivity contribution in [1.29, 1.82) is 0 Å². The lowest BCUT2D eigenvalue weighted by Crippen LogP contribution is -2.47. The van der Waals surface area contributed by atoms with Gasteiger partial charge in [-0.1, -0.05) is 30.3 Å². The van der Waals surface area contributed by atoms with Gasteiger partial charge in [0.15, 0.2) is 4.96 Å². The Morgan fingerprint density at radius 3 is 2.54 bits per heavy atom. The number of imidazole rings is 1. The number of hydrogen-bond acceptors (Lipinski definition) is 7. The summed E-state index contributed by atoms with van der Waals surface area (Å²) in [6, 6.07) is 15.1. The minimum atomic E-state index is -0.322. The smallest absolute Gasteiger partial charge is 0.275 e. The third kappa shape index (κ3) is 4.68. The molecular weight excluding hydrogens is 486 g/mol. The second-order valence-electron chi connectivity index (χ2n) is 9.03. The number of para-hydroxylation sites is 3. The van der Waals surface area contributed by atoms with Gasteiger partial charge in [-0.05, 0) is 18.2 Å². The van der Waals surface area contributed by atoms with Gasteiger partial charge in [0.05, 0.1) is 28.6 Å². The molecule has 3 aromatic heterocycles. The van der Waals surface area contributed by atoms with Gasteiger partial charge in [0.1, 0.15) is 5.69 Å². The fraction of sp³-hybridized carbons (Fsp3) is 0.222. The van der Waals surface area contributed by atoms with Crippen molar-refractivity contribution in [3.63, 3.8) is 0 Å². The SMILES string of the molecule is CC(=O)N1CCN(Cc2csc3nc(-c4ccccc4NC(=O)c4cnc5ccccc5n4)cn23)CC1. The summed E-state index contributed by atoms with van der Waals surface area (Å²) in [5, 5.41) is 5.13. The maximum Gasteiger partial charge on any atom is 0.275 e. The highest BCUT2D eigenvalue weighted by atomic mass is 32.1. The Morgan fingerprint density at radius 2 is 1.73 bits per heavy atom. The van der Waals surface area contributed by atoms with Crippen LogP contribution in [0.4, 0.5) is 5.69 Å². The minimum Gasteiger partial charge on any atom is -0.340 e. The zero-order valence-corrected chi connectivity index (χ0v) is 21.1. The Morgan fingerprint density at radius 1 is 0.973 bits per heavy atom. The molecule has 37 heavy (non-hydrogen) atoms. The molecule has 0 aliphatic carbocycles.